The molecule has 1 aliphatic heterocycles. The molecular weight excluding hydrogens is 294 g/mol. The second-order valence-electron chi connectivity index (χ2n) is 5.82. The smallest absolute Gasteiger partial charge is 0.216 e. The van der Waals surface area contributed by atoms with Gasteiger partial charge in [-0.05, 0) is 27.7 Å². The third-order valence-corrected chi connectivity index (χ3v) is 4.02. The number of nitrogens with one attached hydrogen (secondary N) is 2. The molecule has 0 saturated carbocycles. The van der Waals surface area contributed by atoms with Crippen molar-refractivity contribution in [2.24, 2.45) is 4.99 Å². The van der Waals surface area contributed by atoms with Crippen LogP contribution in [0, 0.1) is 13.8 Å². The topological polar surface area (TPSA) is 74.9 Å². The normalized spacial score (nSPS) is 18.0. The second-order valence-corrected chi connectivity index (χ2v) is 5.82. The lowest BCUT2D eigenvalue weighted by Gasteiger charge is -2.32. The zero-order valence-electron chi connectivity index (χ0n) is 14.7. The van der Waals surface area contributed by atoms with E-state index in [1.54, 1.807) is 0 Å². The molecule has 0 bridgehead atoms. The number of hydrogen-bond donors (Lipinski definition) is 2. The van der Waals surface area contributed by atoms with Crippen molar-refractivity contribution in [1.29, 1.82) is 0 Å². The molecule has 1 aromatic heterocycles. The predicted octanol–water partition coefficient (Wildman–Crippen LogP) is 1.07. The van der Waals surface area contributed by atoms with Gasteiger partial charge in [-0.1, -0.05) is 0 Å². The summed E-state index contributed by atoms with van der Waals surface area (Å²) < 4.78 is 11.0. The van der Waals surface area contributed by atoms with Gasteiger partial charge in [0.25, 0.3) is 0 Å². The maximum Gasteiger partial charge on any atom is 0.216 e. The molecule has 7 heteroatoms. The van der Waals surface area contributed by atoms with Gasteiger partial charge in [0.1, 0.15) is 12.3 Å². The van der Waals surface area contributed by atoms with Crippen LogP contribution in [0.4, 0.5) is 0 Å². The highest BCUT2D eigenvalue weighted by molar-refractivity contribution is 5.79. The fraction of sp³-hybridized carbons (Fsp3) is 0.750. The molecule has 2 rings (SSSR count). The highest BCUT2D eigenvalue weighted by Gasteiger charge is 2.17. The van der Waals surface area contributed by atoms with Crippen molar-refractivity contribution in [3.63, 3.8) is 0 Å². The molecular formula is C16H29N5O2. The molecule has 1 fully saturated rings. The summed E-state index contributed by atoms with van der Waals surface area (Å²) >= 11 is 0. The first kappa shape index (κ1) is 17.7. The molecule has 1 aliphatic rings. The Kier molecular flexibility index (Phi) is 6.85. The molecule has 1 saturated heterocycles. The molecule has 1 atom stereocenters. The highest BCUT2D eigenvalue weighted by atomic mass is 16.5. The molecule has 0 aromatic carbocycles. The maximum absolute atomic E-state index is 5.57. The number of morpholine rings is 1. The van der Waals surface area contributed by atoms with Crippen LogP contribution in [-0.4, -0.2) is 61.3 Å². The Balaban J connectivity index is 1.85. The van der Waals surface area contributed by atoms with E-state index in [2.05, 4.69) is 39.4 Å². The van der Waals surface area contributed by atoms with Crippen LogP contribution in [0.25, 0.3) is 0 Å². The Labute approximate surface area is 138 Å². The van der Waals surface area contributed by atoms with E-state index < -0.39 is 0 Å². The quantitative estimate of drug-likeness (QED) is 0.602. The van der Waals surface area contributed by atoms with Gasteiger partial charge < -0.3 is 19.8 Å². The average molecular weight is 323 g/mol. The summed E-state index contributed by atoms with van der Waals surface area (Å²) in [6, 6.07) is 0.439. The third kappa shape index (κ3) is 5.51. The molecule has 23 heavy (non-hydrogen) atoms. The molecule has 130 valence electrons. The Morgan fingerprint density at radius 3 is 2.65 bits per heavy atom. The van der Waals surface area contributed by atoms with Gasteiger partial charge in [0.2, 0.25) is 5.89 Å². The minimum absolute atomic E-state index is 0.439. The number of aliphatic imine (C=N–C) groups is 1. The lowest BCUT2D eigenvalue weighted by molar-refractivity contribution is 0.0211. The van der Waals surface area contributed by atoms with Crippen LogP contribution in [0.15, 0.2) is 9.41 Å². The molecule has 7 nitrogen and oxygen atoms in total. The lowest BCUT2D eigenvalue weighted by atomic mass is 10.2. The van der Waals surface area contributed by atoms with Gasteiger partial charge in [0, 0.05) is 32.2 Å². The summed E-state index contributed by atoms with van der Waals surface area (Å²) in [5, 5.41) is 6.66. The molecule has 1 unspecified atom stereocenters. The van der Waals surface area contributed by atoms with Crippen LogP contribution in [0.3, 0.4) is 0 Å². The summed E-state index contributed by atoms with van der Waals surface area (Å²) in [6.45, 7) is 13.9. The minimum Gasteiger partial charge on any atom is -0.444 e. The lowest BCUT2D eigenvalue weighted by Crippen LogP contribution is -2.49. The van der Waals surface area contributed by atoms with Crippen LogP contribution < -0.4 is 10.6 Å². The minimum atomic E-state index is 0.439. The Morgan fingerprint density at radius 2 is 2.04 bits per heavy atom. The van der Waals surface area contributed by atoms with E-state index in [9.17, 15) is 0 Å². The Bertz CT molecular complexity index is 489. The van der Waals surface area contributed by atoms with E-state index in [4.69, 9.17) is 9.15 Å². The molecule has 0 spiro atoms. The van der Waals surface area contributed by atoms with Crippen LogP contribution in [0.1, 0.15) is 31.2 Å². The number of hydrogen-bond acceptors (Lipinski definition) is 5. The molecule has 0 amide bonds. The van der Waals surface area contributed by atoms with Crippen molar-refractivity contribution in [1.82, 2.24) is 20.5 Å². The fourth-order valence-corrected chi connectivity index (χ4v) is 2.49. The molecule has 2 N–H and O–H groups in total. The number of guanidine groups is 1. The van der Waals surface area contributed by atoms with Crippen LogP contribution >= 0.6 is 0 Å². The van der Waals surface area contributed by atoms with E-state index in [0.717, 1.165) is 56.8 Å². The van der Waals surface area contributed by atoms with Gasteiger partial charge in [0.15, 0.2) is 5.96 Å². The molecule has 0 radical (unpaired) electrons. The zero-order valence-corrected chi connectivity index (χ0v) is 14.7. The number of ether oxygens (including phenoxy) is 1. The Hall–Kier alpha value is -1.60. The number of oxazole rings is 1. The maximum atomic E-state index is 5.57. The largest absolute Gasteiger partial charge is 0.444 e. The van der Waals surface area contributed by atoms with Crippen molar-refractivity contribution in [3.05, 3.63) is 17.3 Å². The molecule has 2 heterocycles. The van der Waals surface area contributed by atoms with Crippen molar-refractivity contribution in [3.8, 4) is 0 Å². The zero-order chi connectivity index (χ0) is 16.7. The number of nitrogens with zero attached hydrogens (tertiary/aromatic N) is 3. The number of rotatable bonds is 6. The predicted molar refractivity (Wildman–Crippen MR) is 90.6 cm³/mol. The summed E-state index contributed by atoms with van der Waals surface area (Å²) in [6.07, 6.45) is 0. The van der Waals surface area contributed by atoms with E-state index in [0.29, 0.717) is 18.5 Å². The third-order valence-electron chi connectivity index (χ3n) is 4.02. The number of aromatic nitrogens is 1. The van der Waals surface area contributed by atoms with E-state index in [1.165, 1.54) is 0 Å². The van der Waals surface area contributed by atoms with E-state index in [-0.39, 0.29) is 0 Å². The summed E-state index contributed by atoms with van der Waals surface area (Å²) in [4.78, 5) is 11.3. The van der Waals surface area contributed by atoms with Gasteiger partial charge >= 0.3 is 0 Å². The fourth-order valence-electron chi connectivity index (χ4n) is 2.49. The van der Waals surface area contributed by atoms with Crippen molar-refractivity contribution in [2.75, 3.05) is 39.4 Å². The molecule has 1 aromatic rings. The molecule has 0 aliphatic carbocycles. The second kappa shape index (κ2) is 8.88. The Morgan fingerprint density at radius 1 is 1.30 bits per heavy atom. The van der Waals surface area contributed by atoms with Gasteiger partial charge in [-0.25, -0.2) is 9.98 Å². The van der Waals surface area contributed by atoms with Gasteiger partial charge in [0.05, 0.1) is 18.9 Å². The first-order valence-electron chi connectivity index (χ1n) is 8.37. The summed E-state index contributed by atoms with van der Waals surface area (Å²) in [5.74, 6) is 2.30. The van der Waals surface area contributed by atoms with E-state index in [1.807, 2.05) is 13.8 Å². The number of aryl methyl sites for hydroxylation is 2. The monoisotopic (exact) mass is 323 g/mol. The van der Waals surface area contributed by atoms with Crippen LogP contribution in [-0.2, 0) is 11.3 Å². The SMILES string of the molecule is CCNC(=NCc1nc(C)c(C)o1)NCC(C)N1CCOCC1. The summed E-state index contributed by atoms with van der Waals surface area (Å²) in [7, 11) is 0. The summed E-state index contributed by atoms with van der Waals surface area (Å²) in [5.41, 5.74) is 0.925. The average Bonchev–Trinajstić information content (AvgIpc) is 2.89. The van der Waals surface area contributed by atoms with Crippen molar-refractivity contribution in [2.45, 2.75) is 40.3 Å². The van der Waals surface area contributed by atoms with Crippen LogP contribution in [0.5, 0.6) is 0 Å². The van der Waals surface area contributed by atoms with Gasteiger partial charge in [-0.2, -0.15) is 0 Å². The van der Waals surface area contributed by atoms with Crippen LogP contribution in [0.2, 0.25) is 0 Å². The van der Waals surface area contributed by atoms with Crippen molar-refractivity contribution < 1.29 is 9.15 Å². The van der Waals surface area contributed by atoms with Gasteiger partial charge in [-0.3, -0.25) is 4.90 Å². The van der Waals surface area contributed by atoms with E-state index >= 15 is 0 Å². The first-order chi connectivity index (χ1) is 11.1. The standard InChI is InChI=1S/C16H29N5O2/c1-5-17-16(19-11-15-20-13(3)14(4)23-15)18-10-12(2)21-6-8-22-9-7-21/h12H,5-11H2,1-4H3,(H2,17,18,19). The van der Waals surface area contributed by atoms with Crippen molar-refractivity contribution >= 4 is 5.96 Å². The van der Waals surface area contributed by atoms with Gasteiger partial charge in [-0.15, -0.1) is 0 Å². The first-order valence-corrected chi connectivity index (χ1v) is 8.37. The highest BCUT2D eigenvalue weighted by Crippen LogP contribution is 2.09.